The Kier molecular flexibility index (Phi) is 16.2. The Hall–Kier alpha value is -0.770. The predicted octanol–water partition coefficient (Wildman–Crippen LogP) is 2.31. The summed E-state index contributed by atoms with van der Waals surface area (Å²) in [6, 6.07) is 0. The maximum Gasteiger partial charge on any atom is 0.249 e. The summed E-state index contributed by atoms with van der Waals surface area (Å²) >= 11 is 0. The number of rotatable bonds is 18. The molecular weight excluding hydrogens is 422 g/mol. The molecule has 0 bridgehead atoms. The molecule has 6 unspecified atom stereocenters. The lowest BCUT2D eigenvalue weighted by atomic mass is 9.75. The van der Waals surface area contributed by atoms with Crippen LogP contribution in [0.25, 0.3) is 0 Å². The van der Waals surface area contributed by atoms with Crippen LogP contribution in [0.2, 0.25) is 0 Å². The minimum Gasteiger partial charge on any atom is -0.390 e. The van der Waals surface area contributed by atoms with Gasteiger partial charge in [0, 0.05) is 12.5 Å². The smallest absolute Gasteiger partial charge is 0.249 e. The third kappa shape index (κ3) is 10.6. The van der Waals surface area contributed by atoms with Gasteiger partial charge in [-0.3, -0.25) is 4.79 Å². The van der Waals surface area contributed by atoms with E-state index in [1.807, 2.05) is 6.92 Å². The summed E-state index contributed by atoms with van der Waals surface area (Å²) in [5.74, 6) is -0.587. The second-order valence-corrected chi connectivity index (χ2v) is 9.45. The first-order valence-electron chi connectivity index (χ1n) is 13.3. The fraction of sp³-hybridized carbons (Fsp3) is 0.960. The van der Waals surface area contributed by atoms with Crippen LogP contribution in [-0.4, -0.2) is 73.0 Å². The van der Waals surface area contributed by atoms with Gasteiger partial charge in [0.1, 0.15) is 12.2 Å². The minimum absolute atomic E-state index is 0.0983. The van der Waals surface area contributed by atoms with E-state index in [-0.39, 0.29) is 17.9 Å². The first-order valence-corrected chi connectivity index (χ1v) is 13.3. The SMILES string of the molecule is CCCC(C)OC1OC(C(=O)NCCCCNCCCN)C(C(CCC)CCC)C(O)C1O. The zero-order chi connectivity index (χ0) is 24.6. The van der Waals surface area contributed by atoms with Gasteiger partial charge in [0.25, 0.3) is 0 Å². The van der Waals surface area contributed by atoms with E-state index in [2.05, 4.69) is 31.4 Å². The summed E-state index contributed by atoms with van der Waals surface area (Å²) in [7, 11) is 0. The van der Waals surface area contributed by atoms with Crippen molar-refractivity contribution in [1.82, 2.24) is 10.6 Å². The van der Waals surface area contributed by atoms with Crippen LogP contribution in [0.15, 0.2) is 0 Å². The lowest BCUT2D eigenvalue weighted by Crippen LogP contribution is -2.61. The molecule has 8 heteroatoms. The third-order valence-corrected chi connectivity index (χ3v) is 6.47. The maximum atomic E-state index is 13.2. The molecule has 0 aromatic heterocycles. The maximum absolute atomic E-state index is 13.2. The van der Waals surface area contributed by atoms with Crippen molar-refractivity contribution in [1.29, 1.82) is 0 Å². The number of nitrogens with one attached hydrogen (secondary N) is 2. The number of amides is 1. The number of hydrogen-bond donors (Lipinski definition) is 5. The molecule has 1 heterocycles. The average Bonchev–Trinajstić information content (AvgIpc) is 2.78. The monoisotopic (exact) mass is 473 g/mol. The van der Waals surface area contributed by atoms with Crippen LogP contribution >= 0.6 is 0 Å². The van der Waals surface area contributed by atoms with E-state index in [0.717, 1.165) is 70.9 Å². The topological polar surface area (TPSA) is 126 Å². The van der Waals surface area contributed by atoms with Crippen LogP contribution in [0.1, 0.15) is 85.5 Å². The Morgan fingerprint density at radius 2 is 1.58 bits per heavy atom. The summed E-state index contributed by atoms with van der Waals surface area (Å²) in [6.07, 6.45) is 3.95. The van der Waals surface area contributed by atoms with Crippen molar-refractivity contribution in [2.45, 2.75) is 116 Å². The first-order chi connectivity index (χ1) is 15.9. The highest BCUT2D eigenvalue weighted by atomic mass is 16.7. The number of unbranched alkanes of at least 4 members (excludes halogenated alkanes) is 1. The summed E-state index contributed by atoms with van der Waals surface area (Å²) < 4.78 is 12.0. The molecule has 6 atom stereocenters. The number of aliphatic hydroxyl groups is 2. The fourth-order valence-corrected chi connectivity index (χ4v) is 4.77. The van der Waals surface area contributed by atoms with Gasteiger partial charge in [0.2, 0.25) is 5.91 Å². The van der Waals surface area contributed by atoms with Gasteiger partial charge in [-0.2, -0.15) is 0 Å². The molecule has 1 amide bonds. The molecule has 1 saturated heterocycles. The Morgan fingerprint density at radius 3 is 2.18 bits per heavy atom. The normalized spacial score (nSPS) is 26.5. The van der Waals surface area contributed by atoms with Gasteiger partial charge in [-0.05, 0) is 58.2 Å². The molecule has 0 aromatic carbocycles. The van der Waals surface area contributed by atoms with Crippen molar-refractivity contribution >= 4 is 5.91 Å². The molecule has 0 saturated carbocycles. The molecule has 196 valence electrons. The fourth-order valence-electron chi connectivity index (χ4n) is 4.77. The lowest BCUT2D eigenvalue weighted by molar-refractivity contribution is -0.296. The van der Waals surface area contributed by atoms with Gasteiger partial charge < -0.3 is 36.1 Å². The second kappa shape index (κ2) is 17.6. The largest absolute Gasteiger partial charge is 0.390 e. The van der Waals surface area contributed by atoms with Crippen molar-refractivity contribution in [2.75, 3.05) is 26.2 Å². The Morgan fingerprint density at radius 1 is 0.970 bits per heavy atom. The first kappa shape index (κ1) is 30.3. The molecule has 1 fully saturated rings. The minimum atomic E-state index is -1.17. The van der Waals surface area contributed by atoms with Crippen molar-refractivity contribution in [3.05, 3.63) is 0 Å². The molecule has 8 nitrogen and oxygen atoms in total. The van der Waals surface area contributed by atoms with Crippen molar-refractivity contribution in [2.24, 2.45) is 17.6 Å². The molecule has 6 N–H and O–H groups in total. The van der Waals surface area contributed by atoms with E-state index in [4.69, 9.17) is 15.2 Å². The number of carbonyl (C=O) groups is 1. The van der Waals surface area contributed by atoms with E-state index >= 15 is 0 Å². The number of hydrogen-bond acceptors (Lipinski definition) is 7. The molecule has 33 heavy (non-hydrogen) atoms. The van der Waals surface area contributed by atoms with Crippen LogP contribution in [-0.2, 0) is 14.3 Å². The van der Waals surface area contributed by atoms with E-state index in [0.29, 0.717) is 13.1 Å². The molecule has 1 aliphatic heterocycles. The Balaban J connectivity index is 2.81. The lowest BCUT2D eigenvalue weighted by Gasteiger charge is -2.45. The standard InChI is InChI=1S/C25H51N3O5/c1-5-11-18(4)32-25-22(30)21(29)20(19(12-6-2)13-7-3)23(33-25)24(31)28-17-9-8-15-27-16-10-14-26/h18-23,25,27,29-30H,5-17,26H2,1-4H3,(H,28,31). The van der Waals surface area contributed by atoms with Crippen molar-refractivity contribution in [3.8, 4) is 0 Å². The van der Waals surface area contributed by atoms with Crippen LogP contribution in [0.3, 0.4) is 0 Å². The molecule has 0 spiro atoms. The second-order valence-electron chi connectivity index (χ2n) is 9.45. The number of nitrogens with two attached hydrogens (primary N) is 1. The third-order valence-electron chi connectivity index (χ3n) is 6.47. The van der Waals surface area contributed by atoms with E-state index in [9.17, 15) is 15.0 Å². The Bertz CT molecular complexity index is 504. The molecule has 1 rings (SSSR count). The van der Waals surface area contributed by atoms with Crippen molar-refractivity contribution < 1.29 is 24.5 Å². The van der Waals surface area contributed by atoms with Gasteiger partial charge in [0.15, 0.2) is 6.29 Å². The molecule has 0 radical (unpaired) electrons. The van der Waals surface area contributed by atoms with Gasteiger partial charge in [-0.25, -0.2) is 0 Å². The van der Waals surface area contributed by atoms with Gasteiger partial charge in [0.05, 0.1) is 12.2 Å². The van der Waals surface area contributed by atoms with Gasteiger partial charge in [-0.15, -0.1) is 0 Å². The van der Waals surface area contributed by atoms with Crippen molar-refractivity contribution in [3.63, 3.8) is 0 Å². The highest BCUT2D eigenvalue weighted by Gasteiger charge is 2.50. The van der Waals surface area contributed by atoms with Crippen LogP contribution < -0.4 is 16.4 Å². The van der Waals surface area contributed by atoms with Gasteiger partial charge in [-0.1, -0.05) is 52.9 Å². The van der Waals surface area contributed by atoms with Crippen LogP contribution in [0.5, 0.6) is 0 Å². The summed E-state index contributed by atoms with van der Waals surface area (Å²) in [6.45, 7) is 11.2. The van der Waals surface area contributed by atoms with E-state index in [1.165, 1.54) is 0 Å². The highest BCUT2D eigenvalue weighted by Crippen LogP contribution is 2.37. The summed E-state index contributed by atoms with van der Waals surface area (Å²) in [4.78, 5) is 13.2. The molecular formula is C25H51N3O5. The quantitative estimate of drug-likeness (QED) is 0.193. The zero-order valence-corrected chi connectivity index (χ0v) is 21.4. The molecule has 1 aliphatic rings. The predicted molar refractivity (Wildman–Crippen MR) is 132 cm³/mol. The van der Waals surface area contributed by atoms with Crippen LogP contribution in [0.4, 0.5) is 0 Å². The molecule has 0 aliphatic carbocycles. The number of carbonyl (C=O) groups excluding carboxylic acids is 1. The zero-order valence-electron chi connectivity index (χ0n) is 21.4. The van der Waals surface area contributed by atoms with Gasteiger partial charge >= 0.3 is 0 Å². The average molecular weight is 474 g/mol. The highest BCUT2D eigenvalue weighted by molar-refractivity contribution is 5.81. The molecule has 0 aromatic rings. The van der Waals surface area contributed by atoms with E-state index < -0.39 is 30.5 Å². The number of aliphatic hydroxyl groups excluding tert-OH is 2. The summed E-state index contributed by atoms with van der Waals surface area (Å²) in [5.41, 5.74) is 5.49. The summed E-state index contributed by atoms with van der Waals surface area (Å²) in [5, 5.41) is 28.2. The van der Waals surface area contributed by atoms with Crippen LogP contribution in [0, 0.1) is 11.8 Å². The van der Waals surface area contributed by atoms with E-state index in [1.54, 1.807) is 0 Å². The number of ether oxygens (including phenoxy) is 2. The Labute approximate surface area is 201 Å².